The van der Waals surface area contributed by atoms with E-state index in [1.807, 2.05) is 0 Å². The molecule has 0 amide bonds. The summed E-state index contributed by atoms with van der Waals surface area (Å²) in [6.07, 6.45) is 1.19. The summed E-state index contributed by atoms with van der Waals surface area (Å²) in [6.45, 7) is 3.11. The Labute approximate surface area is 78.8 Å². The van der Waals surface area contributed by atoms with Gasteiger partial charge in [-0.15, -0.1) is 6.58 Å². The predicted molar refractivity (Wildman–Crippen MR) is 44.7 cm³/mol. The molecule has 1 unspecified atom stereocenters. The van der Waals surface area contributed by atoms with Gasteiger partial charge in [0, 0.05) is 6.08 Å². The third-order valence-corrected chi connectivity index (χ3v) is 1.36. The van der Waals surface area contributed by atoms with Gasteiger partial charge in [-0.25, -0.2) is 9.59 Å². The average molecular weight is 200 g/mol. The molecule has 0 saturated heterocycles. The lowest BCUT2D eigenvalue weighted by atomic mass is 9.99. The maximum atomic E-state index is 10.5. The Bertz CT molecular complexity index is 314. The van der Waals surface area contributed by atoms with E-state index in [0.717, 1.165) is 6.08 Å². The average Bonchev–Trinajstić information content (AvgIpc) is 2.02. The quantitative estimate of drug-likeness (QED) is 0.424. The van der Waals surface area contributed by atoms with Crippen LogP contribution in [0.1, 0.15) is 0 Å². The molecule has 0 rings (SSSR count). The van der Waals surface area contributed by atoms with Gasteiger partial charge in [0.25, 0.3) is 0 Å². The molecule has 0 aliphatic rings. The third-order valence-electron chi connectivity index (χ3n) is 1.36. The molecule has 3 N–H and O–H groups in total. The van der Waals surface area contributed by atoms with Gasteiger partial charge < -0.3 is 15.3 Å². The van der Waals surface area contributed by atoms with E-state index in [1.54, 1.807) is 0 Å². The van der Waals surface area contributed by atoms with E-state index in [-0.39, 0.29) is 0 Å². The fourth-order valence-electron chi connectivity index (χ4n) is 0.778. The second-order valence-electron chi connectivity index (χ2n) is 2.29. The summed E-state index contributed by atoms with van der Waals surface area (Å²) in [5.41, 5.74) is -0.736. The van der Waals surface area contributed by atoms with Gasteiger partial charge in [0.15, 0.2) is 0 Å². The van der Waals surface area contributed by atoms with Gasteiger partial charge in [0.05, 0.1) is 5.57 Å². The van der Waals surface area contributed by atoms with E-state index >= 15 is 0 Å². The zero-order valence-corrected chi connectivity index (χ0v) is 7.01. The first-order valence-corrected chi connectivity index (χ1v) is 3.43. The minimum atomic E-state index is -1.60. The van der Waals surface area contributed by atoms with Crippen molar-refractivity contribution in [3.63, 3.8) is 0 Å². The standard InChI is InChI=1S/C8H8O6/c1-2-4(7(11)12)5(8(13)14)3-6(9)10/h2-4H,1H2,(H,9,10)(H,11,12)(H,13,14)/b5-3-. The van der Waals surface area contributed by atoms with Gasteiger partial charge in [-0.1, -0.05) is 6.08 Å². The van der Waals surface area contributed by atoms with Crippen LogP contribution in [0, 0.1) is 5.92 Å². The minimum Gasteiger partial charge on any atom is -0.481 e. The fourth-order valence-corrected chi connectivity index (χ4v) is 0.778. The van der Waals surface area contributed by atoms with Gasteiger partial charge in [0.1, 0.15) is 5.92 Å². The SMILES string of the molecule is C=CC(C(=O)O)/C(=C/C(=O)O)C(=O)O. The highest BCUT2D eigenvalue weighted by molar-refractivity contribution is 6.00. The lowest BCUT2D eigenvalue weighted by Crippen LogP contribution is -2.20. The summed E-state index contributed by atoms with van der Waals surface area (Å²) < 4.78 is 0. The van der Waals surface area contributed by atoms with Crippen molar-refractivity contribution in [2.45, 2.75) is 0 Å². The second-order valence-corrected chi connectivity index (χ2v) is 2.29. The zero-order valence-electron chi connectivity index (χ0n) is 7.01. The van der Waals surface area contributed by atoms with Crippen LogP contribution >= 0.6 is 0 Å². The molecule has 14 heavy (non-hydrogen) atoms. The Morgan fingerprint density at radius 2 is 1.64 bits per heavy atom. The van der Waals surface area contributed by atoms with Gasteiger partial charge in [-0.2, -0.15) is 0 Å². The van der Waals surface area contributed by atoms with E-state index in [0.29, 0.717) is 6.08 Å². The highest BCUT2D eigenvalue weighted by Crippen LogP contribution is 2.12. The van der Waals surface area contributed by atoms with Crippen molar-refractivity contribution in [2.75, 3.05) is 0 Å². The molecule has 6 nitrogen and oxygen atoms in total. The van der Waals surface area contributed by atoms with E-state index in [2.05, 4.69) is 6.58 Å². The summed E-state index contributed by atoms with van der Waals surface area (Å²) in [5, 5.41) is 25.4. The van der Waals surface area contributed by atoms with Crippen LogP contribution < -0.4 is 0 Å². The van der Waals surface area contributed by atoms with Crippen LogP contribution in [0.5, 0.6) is 0 Å². The summed E-state index contributed by atoms with van der Waals surface area (Å²) in [7, 11) is 0. The lowest BCUT2D eigenvalue weighted by molar-refractivity contribution is -0.142. The largest absolute Gasteiger partial charge is 0.481 e. The first kappa shape index (κ1) is 11.9. The summed E-state index contributed by atoms with van der Waals surface area (Å²) in [4.78, 5) is 31.2. The Balaban J connectivity index is 5.18. The predicted octanol–water partition coefficient (Wildman–Crippen LogP) is -0.0312. The molecule has 0 radical (unpaired) electrons. The fraction of sp³-hybridized carbons (Fsp3) is 0.125. The molecule has 0 bridgehead atoms. The number of aliphatic carboxylic acids is 3. The number of hydrogen-bond donors (Lipinski definition) is 3. The van der Waals surface area contributed by atoms with Crippen LogP contribution in [0.25, 0.3) is 0 Å². The van der Waals surface area contributed by atoms with Gasteiger partial charge >= 0.3 is 17.9 Å². The van der Waals surface area contributed by atoms with Crippen LogP contribution in [0.2, 0.25) is 0 Å². The molecular weight excluding hydrogens is 192 g/mol. The molecule has 0 aromatic heterocycles. The van der Waals surface area contributed by atoms with Crippen molar-refractivity contribution in [3.8, 4) is 0 Å². The molecule has 0 saturated carbocycles. The minimum absolute atomic E-state index is 0.336. The van der Waals surface area contributed by atoms with Gasteiger partial charge in [-0.05, 0) is 0 Å². The zero-order chi connectivity index (χ0) is 11.3. The topological polar surface area (TPSA) is 112 Å². The maximum Gasteiger partial charge on any atom is 0.333 e. The second kappa shape index (κ2) is 4.80. The molecule has 0 fully saturated rings. The van der Waals surface area contributed by atoms with Crippen molar-refractivity contribution in [3.05, 3.63) is 24.3 Å². The monoisotopic (exact) mass is 200 g/mol. The first-order chi connectivity index (χ1) is 6.40. The maximum absolute atomic E-state index is 10.5. The normalized spacial score (nSPS) is 13.0. The Morgan fingerprint density at radius 1 is 1.14 bits per heavy atom. The number of carboxylic acid groups (broad SMARTS) is 3. The molecule has 0 aliphatic heterocycles. The molecule has 1 atom stereocenters. The first-order valence-electron chi connectivity index (χ1n) is 3.43. The number of rotatable bonds is 5. The van der Waals surface area contributed by atoms with Crippen molar-refractivity contribution in [2.24, 2.45) is 5.92 Å². The molecular formula is C8H8O6. The molecule has 0 aromatic carbocycles. The highest BCUT2D eigenvalue weighted by Gasteiger charge is 2.25. The molecule has 0 aromatic rings. The molecule has 0 aliphatic carbocycles. The number of carbonyl (C=O) groups is 3. The lowest BCUT2D eigenvalue weighted by Gasteiger charge is -2.06. The highest BCUT2D eigenvalue weighted by atomic mass is 16.4. The summed E-state index contributed by atoms with van der Waals surface area (Å²) >= 11 is 0. The van der Waals surface area contributed by atoms with Crippen LogP contribution in [-0.4, -0.2) is 33.2 Å². The Hall–Kier alpha value is -2.11. The van der Waals surface area contributed by atoms with E-state index in [9.17, 15) is 14.4 Å². The smallest absolute Gasteiger partial charge is 0.333 e. The van der Waals surface area contributed by atoms with Crippen molar-refractivity contribution < 1.29 is 29.7 Å². The third kappa shape index (κ3) is 3.10. The van der Waals surface area contributed by atoms with Crippen LogP contribution in [0.3, 0.4) is 0 Å². The summed E-state index contributed by atoms with van der Waals surface area (Å²) in [6, 6.07) is 0. The van der Waals surface area contributed by atoms with Crippen LogP contribution in [0.4, 0.5) is 0 Å². The van der Waals surface area contributed by atoms with Crippen molar-refractivity contribution in [1.82, 2.24) is 0 Å². The van der Waals surface area contributed by atoms with Crippen LogP contribution in [0.15, 0.2) is 24.3 Å². The molecule has 76 valence electrons. The van der Waals surface area contributed by atoms with Gasteiger partial charge in [0.2, 0.25) is 0 Å². The Kier molecular flexibility index (Phi) is 4.08. The van der Waals surface area contributed by atoms with Gasteiger partial charge in [-0.3, -0.25) is 4.79 Å². The summed E-state index contributed by atoms with van der Waals surface area (Å²) in [5.74, 6) is -6.10. The molecule has 0 spiro atoms. The van der Waals surface area contributed by atoms with Crippen molar-refractivity contribution in [1.29, 1.82) is 0 Å². The molecule has 6 heteroatoms. The van der Waals surface area contributed by atoms with E-state index in [1.165, 1.54) is 0 Å². The van der Waals surface area contributed by atoms with Crippen molar-refractivity contribution >= 4 is 17.9 Å². The van der Waals surface area contributed by atoms with E-state index < -0.39 is 29.4 Å². The van der Waals surface area contributed by atoms with E-state index in [4.69, 9.17) is 15.3 Å². The Morgan fingerprint density at radius 3 is 1.86 bits per heavy atom. The van der Waals surface area contributed by atoms with Crippen LogP contribution in [-0.2, 0) is 14.4 Å². The molecule has 0 heterocycles. The number of hydrogen-bond acceptors (Lipinski definition) is 3. The number of carboxylic acids is 3.